The second-order valence-corrected chi connectivity index (χ2v) is 10.3. The third-order valence-corrected chi connectivity index (χ3v) is 7.11. The van der Waals surface area contributed by atoms with Gasteiger partial charge in [0.2, 0.25) is 21.8 Å². The van der Waals surface area contributed by atoms with E-state index in [4.69, 9.17) is 23.2 Å². The molecule has 0 aliphatic heterocycles. The molecule has 2 rings (SSSR count). The number of carbonyl (C=O) groups excluding carboxylic acids is 2. The summed E-state index contributed by atoms with van der Waals surface area (Å²) in [7, 11) is -2.35. The van der Waals surface area contributed by atoms with Gasteiger partial charge in [-0.3, -0.25) is 13.9 Å². The number of nitrogens with one attached hydrogen (secondary N) is 1. The zero-order valence-electron chi connectivity index (χ0n) is 17.1. The van der Waals surface area contributed by atoms with E-state index in [2.05, 4.69) is 21.2 Å². The van der Waals surface area contributed by atoms with Crippen LogP contribution in [0.15, 0.2) is 46.9 Å². The van der Waals surface area contributed by atoms with Crippen LogP contribution in [0.3, 0.4) is 0 Å². The van der Waals surface area contributed by atoms with Crippen molar-refractivity contribution < 1.29 is 18.0 Å². The van der Waals surface area contributed by atoms with Crippen LogP contribution in [-0.4, -0.2) is 51.0 Å². The summed E-state index contributed by atoms with van der Waals surface area (Å²) >= 11 is 15.8. The molecule has 31 heavy (non-hydrogen) atoms. The lowest BCUT2D eigenvalue weighted by molar-refractivity contribution is -0.139. The number of amides is 2. The molecule has 0 radical (unpaired) electrons. The SMILES string of the molecule is CNC(=O)[C@@H](C)N(Cc1c(Cl)cccc1Cl)C(=O)CN(c1ccccc1Br)S(C)(=O)=O. The standard InChI is InChI=1S/C20H22BrCl2N3O4S/c1-13(20(28)24-2)25(11-14-16(22)8-6-9-17(14)23)19(27)12-26(31(3,29)30)18-10-5-4-7-15(18)21/h4-10,13H,11-12H2,1-3H3,(H,24,28)/t13-/m1/s1. The van der Waals surface area contributed by atoms with E-state index >= 15 is 0 Å². The van der Waals surface area contributed by atoms with Gasteiger partial charge in [-0.25, -0.2) is 8.42 Å². The minimum atomic E-state index is -3.81. The van der Waals surface area contributed by atoms with Crippen LogP contribution in [0.25, 0.3) is 0 Å². The van der Waals surface area contributed by atoms with Gasteiger partial charge in [0, 0.05) is 33.7 Å². The monoisotopic (exact) mass is 549 g/mol. The van der Waals surface area contributed by atoms with Gasteiger partial charge in [-0.2, -0.15) is 0 Å². The van der Waals surface area contributed by atoms with Gasteiger partial charge in [-0.15, -0.1) is 0 Å². The van der Waals surface area contributed by atoms with Gasteiger partial charge in [-0.1, -0.05) is 41.4 Å². The maximum atomic E-state index is 13.3. The van der Waals surface area contributed by atoms with Gasteiger partial charge in [0.15, 0.2) is 0 Å². The van der Waals surface area contributed by atoms with Crippen LogP contribution in [0.2, 0.25) is 10.0 Å². The largest absolute Gasteiger partial charge is 0.357 e. The third kappa shape index (κ3) is 6.35. The number of hydrogen-bond acceptors (Lipinski definition) is 4. The fraction of sp³-hybridized carbons (Fsp3) is 0.300. The van der Waals surface area contributed by atoms with Crippen LogP contribution < -0.4 is 9.62 Å². The molecule has 0 aliphatic rings. The highest BCUT2D eigenvalue weighted by Crippen LogP contribution is 2.29. The molecule has 0 saturated carbocycles. The highest BCUT2D eigenvalue weighted by Gasteiger charge is 2.31. The van der Waals surface area contributed by atoms with Crippen molar-refractivity contribution in [3.63, 3.8) is 0 Å². The van der Waals surface area contributed by atoms with Crippen molar-refractivity contribution in [2.75, 3.05) is 24.2 Å². The molecule has 0 fully saturated rings. The maximum absolute atomic E-state index is 13.3. The Morgan fingerprint density at radius 2 is 1.68 bits per heavy atom. The summed E-state index contributed by atoms with van der Waals surface area (Å²) in [5.74, 6) is -1.00. The number of anilines is 1. The minimum absolute atomic E-state index is 0.0700. The van der Waals surface area contributed by atoms with Crippen molar-refractivity contribution in [3.8, 4) is 0 Å². The first-order valence-electron chi connectivity index (χ1n) is 9.13. The molecular weight excluding hydrogens is 529 g/mol. The summed E-state index contributed by atoms with van der Waals surface area (Å²) in [5.41, 5.74) is 0.767. The summed E-state index contributed by atoms with van der Waals surface area (Å²) < 4.78 is 26.5. The summed E-state index contributed by atoms with van der Waals surface area (Å²) in [6.07, 6.45) is 1.01. The quantitative estimate of drug-likeness (QED) is 0.543. The van der Waals surface area contributed by atoms with E-state index < -0.39 is 34.4 Å². The van der Waals surface area contributed by atoms with E-state index in [1.165, 1.54) is 11.9 Å². The zero-order valence-corrected chi connectivity index (χ0v) is 21.0. The predicted molar refractivity (Wildman–Crippen MR) is 127 cm³/mol. The Bertz CT molecular complexity index is 1060. The zero-order chi connectivity index (χ0) is 23.3. The van der Waals surface area contributed by atoms with Crippen LogP contribution >= 0.6 is 39.1 Å². The molecule has 0 spiro atoms. The Kier molecular flexibility index (Phi) is 8.76. The summed E-state index contributed by atoms with van der Waals surface area (Å²) in [5, 5.41) is 3.17. The molecule has 1 atom stereocenters. The van der Waals surface area contributed by atoms with Gasteiger partial charge in [0.05, 0.1) is 11.9 Å². The molecule has 0 unspecified atom stereocenters. The molecule has 11 heteroatoms. The summed E-state index contributed by atoms with van der Waals surface area (Å²) in [6.45, 7) is 0.967. The van der Waals surface area contributed by atoms with Crippen molar-refractivity contribution in [2.45, 2.75) is 19.5 Å². The molecule has 7 nitrogen and oxygen atoms in total. The second kappa shape index (κ2) is 10.7. The fourth-order valence-corrected chi connectivity index (χ4v) is 4.89. The van der Waals surface area contributed by atoms with Crippen LogP contribution in [0.4, 0.5) is 5.69 Å². The van der Waals surface area contributed by atoms with Gasteiger partial charge >= 0.3 is 0 Å². The van der Waals surface area contributed by atoms with Crippen molar-refractivity contribution in [1.29, 1.82) is 0 Å². The van der Waals surface area contributed by atoms with Crippen molar-refractivity contribution in [3.05, 3.63) is 62.5 Å². The first kappa shape index (κ1) is 25.5. The summed E-state index contributed by atoms with van der Waals surface area (Å²) in [4.78, 5) is 26.9. The van der Waals surface area contributed by atoms with Crippen LogP contribution in [-0.2, 0) is 26.2 Å². The number of sulfonamides is 1. The second-order valence-electron chi connectivity index (χ2n) is 6.73. The first-order valence-corrected chi connectivity index (χ1v) is 12.5. The van der Waals surface area contributed by atoms with Gasteiger partial charge in [0.25, 0.3) is 0 Å². The molecule has 168 valence electrons. The number of halogens is 3. The maximum Gasteiger partial charge on any atom is 0.244 e. The molecule has 0 bridgehead atoms. The molecule has 1 N–H and O–H groups in total. The smallest absolute Gasteiger partial charge is 0.244 e. The summed E-state index contributed by atoms with van der Waals surface area (Å²) in [6, 6.07) is 10.7. The van der Waals surface area contributed by atoms with E-state index in [9.17, 15) is 18.0 Å². The Hall–Kier alpha value is -1.81. The van der Waals surface area contributed by atoms with Crippen molar-refractivity contribution >= 4 is 66.7 Å². The number of rotatable bonds is 8. The first-order chi connectivity index (χ1) is 14.5. The van der Waals surface area contributed by atoms with Gasteiger partial charge < -0.3 is 10.2 Å². The molecule has 0 aliphatic carbocycles. The van der Waals surface area contributed by atoms with Crippen molar-refractivity contribution in [2.24, 2.45) is 0 Å². The Morgan fingerprint density at radius 1 is 1.10 bits per heavy atom. The van der Waals surface area contributed by atoms with Crippen LogP contribution in [0.5, 0.6) is 0 Å². The number of para-hydroxylation sites is 1. The molecule has 2 aromatic carbocycles. The average Bonchev–Trinajstić information content (AvgIpc) is 2.70. The number of nitrogens with zero attached hydrogens (tertiary/aromatic N) is 2. The van der Waals surface area contributed by atoms with Gasteiger partial charge in [-0.05, 0) is 47.1 Å². The Labute approximate surface area is 200 Å². The van der Waals surface area contributed by atoms with Gasteiger partial charge in [0.1, 0.15) is 12.6 Å². The minimum Gasteiger partial charge on any atom is -0.357 e. The van der Waals surface area contributed by atoms with Crippen LogP contribution in [0.1, 0.15) is 12.5 Å². The topological polar surface area (TPSA) is 86.8 Å². The number of likely N-dealkylation sites (N-methyl/N-ethyl adjacent to an activating group) is 1. The van der Waals surface area contributed by atoms with E-state index in [1.807, 2.05) is 0 Å². The average molecular weight is 551 g/mol. The molecule has 2 amide bonds. The fourth-order valence-electron chi connectivity index (χ4n) is 2.89. The number of hydrogen-bond donors (Lipinski definition) is 1. The predicted octanol–water partition coefficient (Wildman–Crippen LogP) is 3.69. The van der Waals surface area contributed by atoms with Crippen LogP contribution in [0, 0.1) is 0 Å². The lowest BCUT2D eigenvalue weighted by Crippen LogP contribution is -2.50. The molecule has 0 heterocycles. The third-order valence-electron chi connectivity index (χ3n) is 4.60. The van der Waals surface area contributed by atoms with E-state index in [1.54, 1.807) is 49.4 Å². The molecule has 0 aromatic heterocycles. The van der Waals surface area contributed by atoms with Crippen molar-refractivity contribution in [1.82, 2.24) is 10.2 Å². The highest BCUT2D eigenvalue weighted by atomic mass is 79.9. The normalized spacial score (nSPS) is 12.2. The Balaban J connectivity index is 2.46. The number of carbonyl (C=O) groups is 2. The van der Waals surface area contributed by atoms with E-state index in [0.29, 0.717) is 25.8 Å². The molecule has 2 aromatic rings. The number of benzene rings is 2. The van der Waals surface area contributed by atoms with E-state index in [0.717, 1.165) is 10.6 Å². The molecular formula is C20H22BrCl2N3O4S. The highest BCUT2D eigenvalue weighted by molar-refractivity contribution is 9.10. The van der Waals surface area contributed by atoms with E-state index in [-0.39, 0.29) is 6.54 Å². The lowest BCUT2D eigenvalue weighted by atomic mass is 10.1. The lowest BCUT2D eigenvalue weighted by Gasteiger charge is -2.31. The molecule has 0 saturated heterocycles. The Morgan fingerprint density at radius 3 is 2.19 bits per heavy atom.